The average molecular weight is 319 g/mol. The summed E-state index contributed by atoms with van der Waals surface area (Å²) in [5, 5.41) is 5.06. The average Bonchev–Trinajstić information content (AvgIpc) is 2.52. The maximum absolute atomic E-state index is 11.2. The Morgan fingerprint density at radius 3 is 1.82 bits per heavy atom. The SMILES string of the molecule is COc1cc(C=Cc2ccc(S(N)(=O)=O)cc2)cc(OC)c1. The Balaban J connectivity index is 2.25. The first-order chi connectivity index (χ1) is 10.4. The van der Waals surface area contributed by atoms with Crippen molar-refractivity contribution in [3.05, 3.63) is 53.6 Å². The van der Waals surface area contributed by atoms with Crippen LogP contribution in [0.3, 0.4) is 0 Å². The maximum Gasteiger partial charge on any atom is 0.238 e. The van der Waals surface area contributed by atoms with Gasteiger partial charge >= 0.3 is 0 Å². The van der Waals surface area contributed by atoms with E-state index in [2.05, 4.69) is 0 Å². The fourth-order valence-electron chi connectivity index (χ4n) is 1.89. The van der Waals surface area contributed by atoms with Gasteiger partial charge in [-0.25, -0.2) is 13.6 Å². The first kappa shape index (κ1) is 16.1. The number of methoxy groups -OCH3 is 2. The summed E-state index contributed by atoms with van der Waals surface area (Å²) in [6.45, 7) is 0. The lowest BCUT2D eigenvalue weighted by molar-refractivity contribution is 0.394. The van der Waals surface area contributed by atoms with E-state index < -0.39 is 10.0 Å². The zero-order valence-electron chi connectivity index (χ0n) is 12.3. The molecule has 22 heavy (non-hydrogen) atoms. The van der Waals surface area contributed by atoms with Gasteiger partial charge in [0.05, 0.1) is 19.1 Å². The smallest absolute Gasteiger partial charge is 0.238 e. The fraction of sp³-hybridized carbons (Fsp3) is 0.125. The van der Waals surface area contributed by atoms with E-state index in [0.717, 1.165) is 11.1 Å². The van der Waals surface area contributed by atoms with Crippen LogP contribution in [0, 0.1) is 0 Å². The Hall–Kier alpha value is -2.31. The van der Waals surface area contributed by atoms with Crippen molar-refractivity contribution in [2.24, 2.45) is 5.14 Å². The molecule has 0 aliphatic carbocycles. The van der Waals surface area contributed by atoms with Gasteiger partial charge in [-0.1, -0.05) is 24.3 Å². The topological polar surface area (TPSA) is 78.6 Å². The van der Waals surface area contributed by atoms with E-state index >= 15 is 0 Å². The van der Waals surface area contributed by atoms with Gasteiger partial charge in [0.15, 0.2) is 0 Å². The van der Waals surface area contributed by atoms with Crippen LogP contribution in [0.2, 0.25) is 0 Å². The molecule has 0 bridgehead atoms. The molecule has 2 aromatic carbocycles. The largest absolute Gasteiger partial charge is 0.497 e. The summed E-state index contributed by atoms with van der Waals surface area (Å²) in [6, 6.07) is 11.9. The van der Waals surface area contributed by atoms with Gasteiger partial charge in [-0.3, -0.25) is 0 Å². The lowest BCUT2D eigenvalue weighted by Gasteiger charge is -2.05. The normalized spacial score (nSPS) is 11.6. The third-order valence-corrected chi connectivity index (χ3v) is 3.98. The molecule has 5 nitrogen and oxygen atoms in total. The van der Waals surface area contributed by atoms with Crippen LogP contribution in [0.5, 0.6) is 11.5 Å². The summed E-state index contributed by atoms with van der Waals surface area (Å²) in [5.41, 5.74) is 1.76. The van der Waals surface area contributed by atoms with E-state index in [9.17, 15) is 8.42 Å². The molecular formula is C16H17NO4S. The summed E-state index contributed by atoms with van der Waals surface area (Å²) in [7, 11) is -0.479. The van der Waals surface area contributed by atoms with Gasteiger partial charge in [0.1, 0.15) is 11.5 Å². The van der Waals surface area contributed by atoms with E-state index in [1.54, 1.807) is 32.4 Å². The molecule has 0 radical (unpaired) electrons. The van der Waals surface area contributed by atoms with Crippen LogP contribution in [0.4, 0.5) is 0 Å². The third kappa shape index (κ3) is 4.09. The number of nitrogens with two attached hydrogens (primary N) is 1. The number of benzene rings is 2. The molecule has 0 aromatic heterocycles. The summed E-state index contributed by atoms with van der Waals surface area (Å²) in [6.07, 6.45) is 3.75. The van der Waals surface area contributed by atoms with Gasteiger partial charge in [0.2, 0.25) is 10.0 Å². The molecule has 2 rings (SSSR count). The van der Waals surface area contributed by atoms with Crippen LogP contribution in [0.15, 0.2) is 47.4 Å². The molecule has 2 aromatic rings. The molecule has 0 aliphatic heterocycles. The zero-order chi connectivity index (χ0) is 16.2. The first-order valence-electron chi connectivity index (χ1n) is 6.46. The summed E-state index contributed by atoms with van der Waals surface area (Å²) in [5.74, 6) is 1.40. The van der Waals surface area contributed by atoms with Crippen molar-refractivity contribution in [1.82, 2.24) is 0 Å². The van der Waals surface area contributed by atoms with Gasteiger partial charge in [-0.05, 0) is 35.4 Å². The van der Waals surface area contributed by atoms with Crippen molar-refractivity contribution < 1.29 is 17.9 Å². The number of ether oxygens (including phenoxy) is 2. The maximum atomic E-state index is 11.2. The van der Waals surface area contributed by atoms with Gasteiger partial charge in [0, 0.05) is 6.07 Å². The lowest BCUT2D eigenvalue weighted by atomic mass is 10.1. The van der Waals surface area contributed by atoms with Crippen molar-refractivity contribution in [3.63, 3.8) is 0 Å². The molecule has 0 aliphatic rings. The molecule has 0 unspecified atom stereocenters. The van der Waals surface area contributed by atoms with Gasteiger partial charge in [0.25, 0.3) is 0 Å². The molecule has 116 valence electrons. The summed E-state index contributed by atoms with van der Waals surface area (Å²) < 4.78 is 32.8. The molecule has 2 N–H and O–H groups in total. The van der Waals surface area contributed by atoms with Crippen molar-refractivity contribution in [2.45, 2.75) is 4.90 Å². The molecule has 0 saturated carbocycles. The molecule has 0 heterocycles. The monoisotopic (exact) mass is 319 g/mol. The fourth-order valence-corrected chi connectivity index (χ4v) is 2.40. The van der Waals surface area contributed by atoms with Crippen molar-refractivity contribution >= 4 is 22.2 Å². The van der Waals surface area contributed by atoms with Crippen molar-refractivity contribution in [1.29, 1.82) is 0 Å². The molecule has 0 saturated heterocycles. The molecule has 0 amide bonds. The Bertz CT molecular complexity index is 758. The van der Waals surface area contributed by atoms with Crippen molar-refractivity contribution in [3.8, 4) is 11.5 Å². The predicted molar refractivity (Wildman–Crippen MR) is 86.3 cm³/mol. The predicted octanol–water partition coefficient (Wildman–Crippen LogP) is 2.52. The van der Waals surface area contributed by atoms with Crippen LogP contribution in [-0.2, 0) is 10.0 Å². The number of sulfonamides is 1. The Kier molecular flexibility index (Phi) is 4.85. The third-order valence-electron chi connectivity index (χ3n) is 3.05. The molecule has 6 heteroatoms. The summed E-state index contributed by atoms with van der Waals surface area (Å²) >= 11 is 0. The van der Waals surface area contributed by atoms with Gasteiger partial charge < -0.3 is 9.47 Å². The van der Waals surface area contributed by atoms with E-state index in [1.165, 1.54) is 12.1 Å². The second kappa shape index (κ2) is 6.64. The van der Waals surface area contributed by atoms with Crippen LogP contribution in [0.25, 0.3) is 12.2 Å². The minimum Gasteiger partial charge on any atom is -0.497 e. The van der Waals surface area contributed by atoms with E-state index in [-0.39, 0.29) is 4.90 Å². The number of rotatable bonds is 5. The van der Waals surface area contributed by atoms with Crippen LogP contribution in [0.1, 0.15) is 11.1 Å². The van der Waals surface area contributed by atoms with Gasteiger partial charge in [-0.2, -0.15) is 0 Å². The Labute approximate surface area is 130 Å². The van der Waals surface area contributed by atoms with Crippen LogP contribution >= 0.6 is 0 Å². The highest BCUT2D eigenvalue weighted by Crippen LogP contribution is 2.24. The molecule has 0 atom stereocenters. The molecule has 0 spiro atoms. The standard InChI is InChI=1S/C16H17NO4S/c1-20-14-9-13(10-15(11-14)21-2)4-3-12-5-7-16(8-6-12)22(17,18)19/h3-11H,1-2H3,(H2,17,18,19). The van der Waals surface area contributed by atoms with E-state index in [1.807, 2.05) is 24.3 Å². The zero-order valence-corrected chi connectivity index (χ0v) is 13.1. The Morgan fingerprint density at radius 1 is 0.864 bits per heavy atom. The number of hydrogen-bond acceptors (Lipinski definition) is 4. The minimum atomic E-state index is -3.66. The van der Waals surface area contributed by atoms with E-state index in [0.29, 0.717) is 11.5 Å². The highest BCUT2D eigenvalue weighted by Gasteiger charge is 2.05. The molecule has 0 fully saturated rings. The van der Waals surface area contributed by atoms with Crippen LogP contribution < -0.4 is 14.6 Å². The van der Waals surface area contributed by atoms with Crippen molar-refractivity contribution in [2.75, 3.05) is 14.2 Å². The highest BCUT2D eigenvalue weighted by molar-refractivity contribution is 7.89. The highest BCUT2D eigenvalue weighted by atomic mass is 32.2. The number of hydrogen-bond donors (Lipinski definition) is 1. The first-order valence-corrected chi connectivity index (χ1v) is 8.01. The quantitative estimate of drug-likeness (QED) is 0.859. The lowest BCUT2D eigenvalue weighted by Crippen LogP contribution is -2.11. The second-order valence-corrected chi connectivity index (χ2v) is 6.15. The molecular weight excluding hydrogens is 302 g/mol. The Morgan fingerprint density at radius 2 is 1.36 bits per heavy atom. The van der Waals surface area contributed by atoms with Crippen LogP contribution in [-0.4, -0.2) is 22.6 Å². The number of primary sulfonamides is 1. The van der Waals surface area contributed by atoms with E-state index in [4.69, 9.17) is 14.6 Å². The second-order valence-electron chi connectivity index (χ2n) is 4.59. The minimum absolute atomic E-state index is 0.0905. The summed E-state index contributed by atoms with van der Waals surface area (Å²) in [4.78, 5) is 0.0905. The van der Waals surface area contributed by atoms with Gasteiger partial charge in [-0.15, -0.1) is 0 Å².